The lowest BCUT2D eigenvalue weighted by Gasteiger charge is -1.83. The summed E-state index contributed by atoms with van der Waals surface area (Å²) in [5, 5.41) is 0. The molecule has 0 atom stereocenters. The summed E-state index contributed by atoms with van der Waals surface area (Å²) in [5.41, 5.74) is 0.879. The molecule has 1 aromatic heterocycles. The monoisotopic (exact) mass is 162 g/mol. The van der Waals surface area contributed by atoms with Crippen LogP contribution in [0.4, 0.5) is 0 Å². The molecule has 0 radical (unpaired) electrons. The average molecular weight is 162 g/mol. The highest BCUT2D eigenvalue weighted by atomic mass is 14.8. The van der Waals surface area contributed by atoms with E-state index >= 15 is 0 Å². The second-order valence-corrected chi connectivity index (χ2v) is 1.78. The number of rotatable bonds is 0. The van der Waals surface area contributed by atoms with Crippen LogP contribution < -0.4 is 0 Å². The van der Waals surface area contributed by atoms with Gasteiger partial charge in [0.1, 0.15) is 6.33 Å². The minimum absolute atomic E-state index is 0.870. The maximum absolute atomic E-state index is 3.82. The molecule has 0 aliphatic carbocycles. The van der Waals surface area contributed by atoms with Gasteiger partial charge in [0.25, 0.3) is 0 Å². The molecule has 12 heavy (non-hydrogen) atoms. The maximum Gasteiger partial charge on any atom is 0.115 e. The van der Waals surface area contributed by atoms with E-state index in [4.69, 9.17) is 0 Å². The molecule has 2 heteroatoms. The molecule has 0 aromatic carbocycles. The van der Waals surface area contributed by atoms with Gasteiger partial charge in [-0.2, -0.15) is 0 Å². The van der Waals surface area contributed by atoms with Crippen molar-refractivity contribution in [3.8, 4) is 11.8 Å². The van der Waals surface area contributed by atoms with E-state index in [-0.39, 0.29) is 0 Å². The van der Waals surface area contributed by atoms with Gasteiger partial charge in [-0.15, -0.1) is 0 Å². The van der Waals surface area contributed by atoms with Crippen LogP contribution in [0.25, 0.3) is 0 Å². The van der Waals surface area contributed by atoms with Crippen molar-refractivity contribution in [2.75, 3.05) is 0 Å². The molecule has 0 fully saturated rings. The molecule has 0 saturated carbocycles. The predicted octanol–water partition coefficient (Wildman–Crippen LogP) is 2.26. The Bertz CT molecular complexity index is 244. The first-order valence-electron chi connectivity index (χ1n) is 4.17. The van der Waals surface area contributed by atoms with E-state index in [0.717, 1.165) is 12.0 Å². The lowest BCUT2D eigenvalue weighted by Crippen LogP contribution is -1.78. The van der Waals surface area contributed by atoms with Gasteiger partial charge in [0.15, 0.2) is 0 Å². The van der Waals surface area contributed by atoms with E-state index in [1.165, 1.54) is 6.33 Å². The van der Waals surface area contributed by atoms with Gasteiger partial charge in [-0.05, 0) is 0 Å². The molecule has 2 nitrogen and oxygen atoms in total. The molecule has 0 spiro atoms. The van der Waals surface area contributed by atoms with E-state index in [1.807, 2.05) is 20.8 Å². The Labute approximate surface area is 74.1 Å². The van der Waals surface area contributed by atoms with Crippen molar-refractivity contribution in [1.82, 2.24) is 9.97 Å². The minimum atomic E-state index is 0.870. The van der Waals surface area contributed by atoms with E-state index in [2.05, 4.69) is 21.8 Å². The number of hydrogen-bond acceptors (Lipinski definition) is 2. The van der Waals surface area contributed by atoms with Crippen LogP contribution in [-0.4, -0.2) is 9.97 Å². The Morgan fingerprint density at radius 1 is 1.25 bits per heavy atom. The highest BCUT2D eigenvalue weighted by Crippen LogP contribution is 1.87. The van der Waals surface area contributed by atoms with Crippen LogP contribution in [0, 0.1) is 11.8 Å². The SMILES string of the molecule is CC.CCC#Cc1cncnc1. The summed E-state index contributed by atoms with van der Waals surface area (Å²) in [6, 6.07) is 0. The van der Waals surface area contributed by atoms with E-state index in [0.29, 0.717) is 0 Å². The predicted molar refractivity (Wildman–Crippen MR) is 50.5 cm³/mol. The third-order valence-corrected chi connectivity index (χ3v) is 0.970. The first-order chi connectivity index (χ1) is 5.93. The lowest BCUT2D eigenvalue weighted by molar-refractivity contribution is 1.15. The fraction of sp³-hybridized carbons (Fsp3) is 0.400. The van der Waals surface area contributed by atoms with Crippen molar-refractivity contribution in [2.24, 2.45) is 0 Å². The van der Waals surface area contributed by atoms with Gasteiger partial charge < -0.3 is 0 Å². The first kappa shape index (κ1) is 10.6. The molecule has 1 heterocycles. The highest BCUT2D eigenvalue weighted by Gasteiger charge is 1.80. The summed E-state index contributed by atoms with van der Waals surface area (Å²) in [4.78, 5) is 7.65. The van der Waals surface area contributed by atoms with Gasteiger partial charge in [0.05, 0.1) is 5.56 Å². The number of aromatic nitrogens is 2. The summed E-state index contributed by atoms with van der Waals surface area (Å²) < 4.78 is 0. The molecule has 0 unspecified atom stereocenters. The van der Waals surface area contributed by atoms with Crippen LogP contribution in [0.5, 0.6) is 0 Å². The number of nitrogens with zero attached hydrogens (tertiary/aromatic N) is 2. The Balaban J connectivity index is 0.000000561. The Morgan fingerprint density at radius 2 is 1.83 bits per heavy atom. The molecule has 0 aliphatic heterocycles. The molecular formula is C10H14N2. The quantitative estimate of drug-likeness (QED) is 0.547. The smallest absolute Gasteiger partial charge is 0.115 e. The molecule has 0 amide bonds. The third-order valence-electron chi connectivity index (χ3n) is 0.970. The Kier molecular flexibility index (Phi) is 6.87. The summed E-state index contributed by atoms with van der Waals surface area (Å²) in [7, 11) is 0. The molecule has 0 N–H and O–H groups in total. The fourth-order valence-electron chi connectivity index (χ4n) is 0.554. The minimum Gasteiger partial charge on any atom is -0.244 e. The van der Waals surface area contributed by atoms with Crippen LogP contribution >= 0.6 is 0 Å². The van der Waals surface area contributed by atoms with Gasteiger partial charge in [0, 0.05) is 18.8 Å². The van der Waals surface area contributed by atoms with Crippen molar-refractivity contribution in [3.05, 3.63) is 24.3 Å². The molecular weight excluding hydrogens is 148 g/mol. The van der Waals surface area contributed by atoms with Gasteiger partial charge in [0.2, 0.25) is 0 Å². The maximum atomic E-state index is 3.82. The number of hydrogen-bond donors (Lipinski definition) is 0. The zero-order valence-electron chi connectivity index (χ0n) is 7.83. The molecule has 0 bridgehead atoms. The molecule has 0 aliphatic rings. The standard InChI is InChI=1S/C8H8N2.C2H6/c1-2-3-4-8-5-9-7-10-6-8;1-2/h5-7H,2H2,1H3;1-2H3. The normalized spacial score (nSPS) is 7.25. The van der Waals surface area contributed by atoms with E-state index < -0.39 is 0 Å². The van der Waals surface area contributed by atoms with Crippen LogP contribution in [0.2, 0.25) is 0 Å². The third kappa shape index (κ3) is 4.45. The van der Waals surface area contributed by atoms with Crippen LogP contribution in [0.3, 0.4) is 0 Å². The lowest BCUT2D eigenvalue weighted by atomic mass is 10.3. The van der Waals surface area contributed by atoms with Gasteiger partial charge in [-0.3, -0.25) is 0 Å². The summed E-state index contributed by atoms with van der Waals surface area (Å²) in [5.74, 6) is 5.85. The second kappa shape index (κ2) is 7.74. The zero-order valence-corrected chi connectivity index (χ0v) is 7.83. The van der Waals surface area contributed by atoms with Gasteiger partial charge in [-0.25, -0.2) is 9.97 Å². The van der Waals surface area contributed by atoms with Crippen molar-refractivity contribution in [1.29, 1.82) is 0 Å². The van der Waals surface area contributed by atoms with Crippen molar-refractivity contribution in [2.45, 2.75) is 27.2 Å². The summed E-state index contributed by atoms with van der Waals surface area (Å²) in [6.45, 7) is 6.01. The van der Waals surface area contributed by atoms with Crippen molar-refractivity contribution < 1.29 is 0 Å². The molecule has 64 valence electrons. The average Bonchev–Trinajstić information content (AvgIpc) is 2.19. The van der Waals surface area contributed by atoms with Gasteiger partial charge in [-0.1, -0.05) is 32.6 Å². The van der Waals surface area contributed by atoms with E-state index in [1.54, 1.807) is 12.4 Å². The molecule has 1 rings (SSSR count). The fourth-order valence-corrected chi connectivity index (χ4v) is 0.554. The Morgan fingerprint density at radius 3 is 2.33 bits per heavy atom. The molecule has 0 saturated heterocycles. The largest absolute Gasteiger partial charge is 0.244 e. The van der Waals surface area contributed by atoms with Crippen LogP contribution in [-0.2, 0) is 0 Å². The summed E-state index contributed by atoms with van der Waals surface area (Å²) in [6.07, 6.45) is 5.78. The van der Waals surface area contributed by atoms with Crippen molar-refractivity contribution >= 4 is 0 Å². The zero-order chi connectivity index (χ0) is 9.23. The molecule has 1 aromatic rings. The van der Waals surface area contributed by atoms with Crippen LogP contribution in [0.15, 0.2) is 18.7 Å². The van der Waals surface area contributed by atoms with Gasteiger partial charge >= 0.3 is 0 Å². The Hall–Kier alpha value is -1.36. The summed E-state index contributed by atoms with van der Waals surface area (Å²) >= 11 is 0. The highest BCUT2D eigenvalue weighted by molar-refractivity contribution is 5.28. The van der Waals surface area contributed by atoms with Crippen LogP contribution in [0.1, 0.15) is 32.8 Å². The topological polar surface area (TPSA) is 25.8 Å². The first-order valence-corrected chi connectivity index (χ1v) is 4.17. The van der Waals surface area contributed by atoms with E-state index in [9.17, 15) is 0 Å². The second-order valence-electron chi connectivity index (χ2n) is 1.78. The van der Waals surface area contributed by atoms with Crippen molar-refractivity contribution in [3.63, 3.8) is 0 Å².